The van der Waals surface area contributed by atoms with Gasteiger partial charge in [-0.15, -0.1) is 0 Å². The Bertz CT molecular complexity index is 478. The molecule has 0 aliphatic carbocycles. The Morgan fingerprint density at radius 3 is 2.47 bits per heavy atom. The molecule has 0 aromatic heterocycles. The third kappa shape index (κ3) is 4.05. The molecule has 1 rings (SSSR count). The maximum absolute atomic E-state index is 10.0. The van der Waals surface area contributed by atoms with Crippen LogP contribution in [0.4, 0.5) is 0 Å². The fourth-order valence-electron chi connectivity index (χ4n) is 2.20. The molecule has 3 heteroatoms. The van der Waals surface area contributed by atoms with Crippen molar-refractivity contribution in [2.45, 2.75) is 39.5 Å². The lowest BCUT2D eigenvalue weighted by molar-refractivity contribution is 0.382. The molecule has 0 unspecified atom stereocenters. The second-order valence-electron chi connectivity index (χ2n) is 4.94. The van der Waals surface area contributed by atoms with Crippen molar-refractivity contribution in [3.8, 4) is 11.5 Å². The number of hydrogen-bond acceptors (Lipinski definition) is 3. The molecule has 0 bridgehead atoms. The lowest BCUT2D eigenvalue weighted by Crippen LogP contribution is -2.01. The Kier molecular flexibility index (Phi) is 5.04. The summed E-state index contributed by atoms with van der Waals surface area (Å²) in [4.78, 5) is 0. The van der Waals surface area contributed by atoms with Crippen LogP contribution in [0.3, 0.4) is 0 Å². The van der Waals surface area contributed by atoms with Gasteiger partial charge in [-0.1, -0.05) is 25.2 Å². The number of aryl methyl sites for hydroxylation is 1. The van der Waals surface area contributed by atoms with E-state index in [1.807, 2.05) is 19.9 Å². The topological polar surface area (TPSA) is 60.7 Å². The van der Waals surface area contributed by atoms with E-state index in [1.165, 1.54) is 11.6 Å². The van der Waals surface area contributed by atoms with E-state index in [1.54, 1.807) is 6.07 Å². The molecular formula is C16H22O3. The van der Waals surface area contributed by atoms with Gasteiger partial charge in [0.1, 0.15) is 11.5 Å². The van der Waals surface area contributed by atoms with Crippen molar-refractivity contribution in [3.05, 3.63) is 47.2 Å². The summed E-state index contributed by atoms with van der Waals surface area (Å²) >= 11 is 0. The Morgan fingerprint density at radius 1 is 1.37 bits per heavy atom. The molecule has 104 valence electrons. The van der Waals surface area contributed by atoms with Crippen molar-refractivity contribution in [2.24, 2.45) is 0 Å². The summed E-state index contributed by atoms with van der Waals surface area (Å²) in [5, 5.41) is 29.0. The molecule has 0 radical (unpaired) electrons. The maximum Gasteiger partial charge on any atom is 0.123 e. The van der Waals surface area contributed by atoms with Gasteiger partial charge in [0.05, 0.1) is 5.76 Å². The Labute approximate surface area is 114 Å². The van der Waals surface area contributed by atoms with Crippen LogP contribution in [0.25, 0.3) is 0 Å². The van der Waals surface area contributed by atoms with Crippen LogP contribution in [0, 0.1) is 6.92 Å². The fourth-order valence-corrected chi connectivity index (χ4v) is 2.20. The summed E-state index contributed by atoms with van der Waals surface area (Å²) in [6.07, 6.45) is 3.29. The molecule has 0 heterocycles. The van der Waals surface area contributed by atoms with E-state index in [2.05, 4.69) is 13.5 Å². The van der Waals surface area contributed by atoms with Crippen LogP contribution >= 0.6 is 0 Å². The molecule has 0 amide bonds. The first-order valence-electron chi connectivity index (χ1n) is 6.41. The molecule has 0 aliphatic heterocycles. The molecule has 0 fully saturated rings. The predicted molar refractivity (Wildman–Crippen MR) is 77.7 cm³/mol. The first-order chi connectivity index (χ1) is 8.85. The second-order valence-corrected chi connectivity index (χ2v) is 4.94. The average molecular weight is 262 g/mol. The maximum atomic E-state index is 10.0. The summed E-state index contributed by atoms with van der Waals surface area (Å²) in [7, 11) is 0. The molecule has 0 saturated heterocycles. The molecule has 1 aromatic carbocycles. The highest BCUT2D eigenvalue weighted by atomic mass is 16.3. The molecule has 3 N–H and O–H groups in total. The van der Waals surface area contributed by atoms with E-state index in [0.29, 0.717) is 6.42 Å². The highest BCUT2D eigenvalue weighted by molar-refractivity contribution is 5.48. The molecule has 1 aromatic rings. The van der Waals surface area contributed by atoms with Gasteiger partial charge >= 0.3 is 0 Å². The second kappa shape index (κ2) is 6.32. The van der Waals surface area contributed by atoms with Crippen LogP contribution in [0.1, 0.15) is 43.7 Å². The number of rotatable bonds is 5. The van der Waals surface area contributed by atoms with Gasteiger partial charge in [-0.2, -0.15) is 0 Å². The number of phenols is 2. The highest BCUT2D eigenvalue weighted by Gasteiger charge is 2.18. The minimum absolute atomic E-state index is 0.0384. The largest absolute Gasteiger partial charge is 0.513 e. The molecular weight excluding hydrogens is 240 g/mol. The normalized spacial score (nSPS) is 13.3. The van der Waals surface area contributed by atoms with Gasteiger partial charge in [-0.3, -0.25) is 0 Å². The summed E-state index contributed by atoms with van der Waals surface area (Å²) < 4.78 is 0. The van der Waals surface area contributed by atoms with Gasteiger partial charge in [0, 0.05) is 24.0 Å². The zero-order chi connectivity index (χ0) is 14.6. The zero-order valence-corrected chi connectivity index (χ0v) is 11.8. The number of hydrogen-bond donors (Lipinski definition) is 3. The third-order valence-electron chi connectivity index (χ3n) is 3.22. The number of aromatic hydroxyl groups is 2. The van der Waals surface area contributed by atoms with Crippen LogP contribution in [0.15, 0.2) is 36.1 Å². The van der Waals surface area contributed by atoms with E-state index in [-0.39, 0.29) is 23.2 Å². The predicted octanol–water partition coefficient (Wildman–Crippen LogP) is 4.31. The summed E-state index contributed by atoms with van der Waals surface area (Å²) in [6, 6.07) is 2.93. The number of aliphatic hydroxyl groups is 1. The minimum Gasteiger partial charge on any atom is -0.513 e. The molecule has 1 atom stereocenters. The van der Waals surface area contributed by atoms with Crippen molar-refractivity contribution in [1.82, 2.24) is 0 Å². The van der Waals surface area contributed by atoms with Crippen LogP contribution in [0.5, 0.6) is 11.5 Å². The monoisotopic (exact) mass is 262 g/mol. The molecule has 0 aliphatic rings. The average Bonchev–Trinajstić information content (AvgIpc) is 2.26. The van der Waals surface area contributed by atoms with Crippen LogP contribution in [0.2, 0.25) is 0 Å². The smallest absolute Gasteiger partial charge is 0.123 e. The molecule has 3 nitrogen and oxygen atoms in total. The van der Waals surface area contributed by atoms with E-state index in [9.17, 15) is 15.3 Å². The lowest BCUT2D eigenvalue weighted by atomic mass is 9.88. The van der Waals surface area contributed by atoms with Gasteiger partial charge in [0.15, 0.2) is 0 Å². The van der Waals surface area contributed by atoms with Gasteiger partial charge in [0.25, 0.3) is 0 Å². The van der Waals surface area contributed by atoms with Gasteiger partial charge in [-0.05, 0) is 31.9 Å². The number of phenolic OH excluding ortho intramolecular Hbond substituents is 2. The van der Waals surface area contributed by atoms with Gasteiger partial charge in [0.2, 0.25) is 0 Å². The van der Waals surface area contributed by atoms with Crippen molar-refractivity contribution < 1.29 is 15.3 Å². The van der Waals surface area contributed by atoms with Crippen molar-refractivity contribution in [3.63, 3.8) is 0 Å². The first-order valence-corrected chi connectivity index (χ1v) is 6.41. The summed E-state index contributed by atoms with van der Waals surface area (Å²) in [5.41, 5.74) is 2.70. The minimum atomic E-state index is -0.141. The van der Waals surface area contributed by atoms with Crippen molar-refractivity contribution in [1.29, 1.82) is 0 Å². The van der Waals surface area contributed by atoms with Crippen LogP contribution < -0.4 is 0 Å². The zero-order valence-electron chi connectivity index (χ0n) is 11.8. The molecule has 0 spiro atoms. The van der Waals surface area contributed by atoms with Crippen LogP contribution in [-0.4, -0.2) is 15.3 Å². The lowest BCUT2D eigenvalue weighted by Gasteiger charge is -2.18. The van der Waals surface area contributed by atoms with Crippen LogP contribution in [-0.2, 0) is 0 Å². The SMILES string of the molecule is C=C(O)C[C@@H](/C=C(/C)CC)c1c(C)cc(O)cc1O. The molecule has 0 saturated carbocycles. The first kappa shape index (κ1) is 15.2. The Hall–Kier alpha value is -1.90. The number of allylic oxidation sites excluding steroid dienone is 3. The van der Waals surface area contributed by atoms with Crippen molar-refractivity contribution >= 4 is 0 Å². The van der Waals surface area contributed by atoms with Crippen molar-refractivity contribution in [2.75, 3.05) is 0 Å². The van der Waals surface area contributed by atoms with E-state index < -0.39 is 0 Å². The van der Waals surface area contributed by atoms with E-state index >= 15 is 0 Å². The van der Waals surface area contributed by atoms with E-state index in [4.69, 9.17) is 0 Å². The Morgan fingerprint density at radius 2 is 2.00 bits per heavy atom. The summed E-state index contributed by atoms with van der Waals surface area (Å²) in [5.74, 6) is 0.0236. The summed E-state index contributed by atoms with van der Waals surface area (Å²) in [6.45, 7) is 9.43. The fraction of sp³-hybridized carbons (Fsp3) is 0.375. The standard InChI is InChI=1S/C16H22O3/c1-5-10(2)6-13(8-12(4)17)16-11(3)7-14(18)9-15(16)19/h6-7,9,13,17-19H,4-5,8H2,1-3H3/b10-6-/t13-/m1/s1. The number of aliphatic hydroxyl groups excluding tert-OH is 1. The number of benzene rings is 1. The Balaban J connectivity index is 3.28. The van der Waals surface area contributed by atoms with Gasteiger partial charge < -0.3 is 15.3 Å². The third-order valence-corrected chi connectivity index (χ3v) is 3.22. The highest BCUT2D eigenvalue weighted by Crippen LogP contribution is 2.37. The molecule has 19 heavy (non-hydrogen) atoms. The quantitative estimate of drug-likeness (QED) is 0.547. The van der Waals surface area contributed by atoms with Gasteiger partial charge in [-0.25, -0.2) is 0 Å². The van der Waals surface area contributed by atoms with E-state index in [0.717, 1.165) is 17.5 Å².